The van der Waals surface area contributed by atoms with E-state index in [4.69, 9.17) is 0 Å². The highest BCUT2D eigenvalue weighted by Gasteiger charge is 2.39. The molecule has 0 aliphatic rings. The Morgan fingerprint density at radius 3 is 2.08 bits per heavy atom. The van der Waals surface area contributed by atoms with E-state index in [1.165, 1.54) is 11.3 Å². The third-order valence-corrected chi connectivity index (χ3v) is 4.91. The summed E-state index contributed by atoms with van der Waals surface area (Å²) in [5.41, 5.74) is 2.72. The molecule has 0 spiro atoms. The van der Waals surface area contributed by atoms with E-state index in [1.54, 1.807) is 54.7 Å². The van der Waals surface area contributed by atoms with Crippen molar-refractivity contribution in [2.75, 3.05) is 0 Å². The van der Waals surface area contributed by atoms with Crippen LogP contribution in [0.1, 0.15) is 21.6 Å². The number of aliphatic hydroxyl groups is 1. The van der Waals surface area contributed by atoms with Gasteiger partial charge in [0, 0.05) is 4.88 Å². The maximum atomic E-state index is 12.8. The first-order valence-electron chi connectivity index (χ1n) is 7.83. The number of amides is 1. The molecule has 0 fully saturated rings. The molecule has 25 heavy (non-hydrogen) atoms. The quantitative estimate of drug-likeness (QED) is 0.547. The molecule has 0 saturated carbocycles. The third-order valence-electron chi connectivity index (χ3n) is 3.96. The summed E-state index contributed by atoms with van der Waals surface area (Å²) in [5, 5.41) is 17.2. The zero-order valence-corrected chi connectivity index (χ0v) is 14.5. The molecule has 2 N–H and O–H groups in total. The van der Waals surface area contributed by atoms with Gasteiger partial charge in [-0.1, -0.05) is 60.7 Å². The number of carbonyl (C=O) groups is 1. The van der Waals surface area contributed by atoms with Crippen molar-refractivity contribution in [3.8, 4) is 0 Å². The van der Waals surface area contributed by atoms with Gasteiger partial charge in [0.2, 0.25) is 0 Å². The van der Waals surface area contributed by atoms with E-state index in [0.717, 1.165) is 10.4 Å². The Balaban J connectivity index is 1.91. The van der Waals surface area contributed by atoms with Crippen molar-refractivity contribution in [3.05, 3.63) is 93.7 Å². The Kier molecular flexibility index (Phi) is 5.07. The molecule has 0 aliphatic heterocycles. The van der Waals surface area contributed by atoms with E-state index in [-0.39, 0.29) is 0 Å². The number of hydrazone groups is 1. The van der Waals surface area contributed by atoms with Crippen LogP contribution in [0, 0.1) is 6.92 Å². The third kappa shape index (κ3) is 3.52. The van der Waals surface area contributed by atoms with Gasteiger partial charge in [-0.05, 0) is 35.1 Å². The van der Waals surface area contributed by atoms with E-state index in [9.17, 15) is 9.90 Å². The standard InChI is InChI=1S/C20H18N2O2S/c1-15-12-13-25-18(15)14-21-22-19(23)20(24,16-8-4-2-5-9-16)17-10-6-3-7-11-17/h2-14,24H,1H3,(H,22,23)/b21-14+. The number of thiophene rings is 1. The molecule has 2 aromatic carbocycles. The topological polar surface area (TPSA) is 61.7 Å². The highest BCUT2D eigenvalue weighted by atomic mass is 32.1. The zero-order chi connectivity index (χ0) is 17.7. The van der Waals surface area contributed by atoms with Crippen molar-refractivity contribution in [1.82, 2.24) is 5.43 Å². The summed E-state index contributed by atoms with van der Waals surface area (Å²) < 4.78 is 0. The molecule has 0 bridgehead atoms. The molecule has 0 atom stereocenters. The van der Waals surface area contributed by atoms with Crippen LogP contribution < -0.4 is 5.43 Å². The number of hydrogen-bond donors (Lipinski definition) is 2. The van der Waals surface area contributed by atoms with Crippen LogP contribution in [0.3, 0.4) is 0 Å². The average molecular weight is 350 g/mol. The number of aryl methyl sites for hydroxylation is 1. The highest BCUT2D eigenvalue weighted by molar-refractivity contribution is 7.11. The van der Waals surface area contributed by atoms with Gasteiger partial charge >= 0.3 is 0 Å². The molecule has 0 radical (unpaired) electrons. The molecule has 5 heteroatoms. The largest absolute Gasteiger partial charge is 0.372 e. The first-order chi connectivity index (χ1) is 12.1. The summed E-state index contributed by atoms with van der Waals surface area (Å²) in [7, 11) is 0. The zero-order valence-electron chi connectivity index (χ0n) is 13.7. The van der Waals surface area contributed by atoms with Gasteiger partial charge in [0.15, 0.2) is 5.60 Å². The van der Waals surface area contributed by atoms with Crippen LogP contribution >= 0.6 is 11.3 Å². The first-order valence-corrected chi connectivity index (χ1v) is 8.71. The van der Waals surface area contributed by atoms with Gasteiger partial charge in [0.05, 0.1) is 6.21 Å². The van der Waals surface area contributed by atoms with E-state index in [1.807, 2.05) is 30.5 Å². The fourth-order valence-electron chi connectivity index (χ4n) is 2.53. The second-order valence-electron chi connectivity index (χ2n) is 5.61. The fourth-order valence-corrected chi connectivity index (χ4v) is 3.32. The van der Waals surface area contributed by atoms with E-state index >= 15 is 0 Å². The van der Waals surface area contributed by atoms with Crippen LogP contribution in [0.15, 0.2) is 77.2 Å². The predicted molar refractivity (Wildman–Crippen MR) is 101 cm³/mol. The van der Waals surface area contributed by atoms with Gasteiger partial charge in [-0.3, -0.25) is 4.79 Å². The number of carbonyl (C=O) groups excluding carboxylic acids is 1. The lowest BCUT2D eigenvalue weighted by Gasteiger charge is -2.27. The van der Waals surface area contributed by atoms with Gasteiger partial charge in [-0.15, -0.1) is 11.3 Å². The number of nitrogens with one attached hydrogen (secondary N) is 1. The molecule has 0 saturated heterocycles. The highest BCUT2D eigenvalue weighted by Crippen LogP contribution is 2.29. The van der Waals surface area contributed by atoms with E-state index in [0.29, 0.717) is 11.1 Å². The Morgan fingerprint density at radius 2 is 1.60 bits per heavy atom. The van der Waals surface area contributed by atoms with Crippen molar-refractivity contribution in [2.24, 2.45) is 5.10 Å². The van der Waals surface area contributed by atoms with Gasteiger partial charge in [0.25, 0.3) is 5.91 Å². The van der Waals surface area contributed by atoms with Crippen molar-refractivity contribution >= 4 is 23.5 Å². The predicted octanol–water partition coefficient (Wildman–Crippen LogP) is 3.44. The molecule has 1 aromatic heterocycles. The first kappa shape index (κ1) is 17.1. The van der Waals surface area contributed by atoms with Crippen LogP contribution in [-0.4, -0.2) is 17.2 Å². The maximum Gasteiger partial charge on any atom is 0.281 e. The van der Waals surface area contributed by atoms with Crippen LogP contribution in [0.5, 0.6) is 0 Å². The summed E-state index contributed by atoms with van der Waals surface area (Å²) in [6.45, 7) is 1.98. The lowest BCUT2D eigenvalue weighted by Crippen LogP contribution is -2.43. The molecule has 1 heterocycles. The molecule has 126 valence electrons. The molecule has 4 nitrogen and oxygen atoms in total. The molecule has 1 amide bonds. The molecule has 3 rings (SSSR count). The summed E-state index contributed by atoms with van der Waals surface area (Å²) >= 11 is 1.54. The van der Waals surface area contributed by atoms with Crippen LogP contribution in [0.4, 0.5) is 0 Å². The second kappa shape index (κ2) is 7.42. The fraction of sp³-hybridized carbons (Fsp3) is 0.100. The van der Waals surface area contributed by atoms with Crippen LogP contribution in [0.25, 0.3) is 0 Å². The van der Waals surface area contributed by atoms with E-state index < -0.39 is 11.5 Å². The monoisotopic (exact) mass is 350 g/mol. The smallest absolute Gasteiger partial charge is 0.281 e. The van der Waals surface area contributed by atoms with E-state index in [2.05, 4.69) is 10.5 Å². The number of rotatable bonds is 5. The van der Waals surface area contributed by atoms with Crippen molar-refractivity contribution in [3.63, 3.8) is 0 Å². The second-order valence-corrected chi connectivity index (χ2v) is 6.56. The number of nitrogens with zero attached hydrogens (tertiary/aromatic N) is 1. The summed E-state index contributed by atoms with van der Waals surface area (Å²) in [4.78, 5) is 13.8. The molecular weight excluding hydrogens is 332 g/mol. The Labute approximate surface area is 150 Å². The van der Waals surface area contributed by atoms with Gasteiger partial charge in [-0.25, -0.2) is 5.43 Å². The number of hydrogen-bond acceptors (Lipinski definition) is 4. The molecular formula is C20H18N2O2S. The van der Waals surface area contributed by atoms with Crippen LogP contribution in [-0.2, 0) is 10.4 Å². The van der Waals surface area contributed by atoms with Crippen molar-refractivity contribution in [2.45, 2.75) is 12.5 Å². The SMILES string of the molecule is Cc1ccsc1/C=N/NC(=O)C(O)(c1ccccc1)c1ccccc1. The minimum atomic E-state index is -1.82. The van der Waals surface area contributed by atoms with Gasteiger partial charge < -0.3 is 5.11 Å². The Hall–Kier alpha value is -2.76. The lowest BCUT2D eigenvalue weighted by atomic mass is 9.85. The van der Waals surface area contributed by atoms with Crippen molar-refractivity contribution < 1.29 is 9.90 Å². The Morgan fingerprint density at radius 1 is 1.04 bits per heavy atom. The summed E-state index contributed by atoms with van der Waals surface area (Å²) in [5.74, 6) is -0.602. The van der Waals surface area contributed by atoms with Crippen molar-refractivity contribution in [1.29, 1.82) is 0 Å². The molecule has 3 aromatic rings. The van der Waals surface area contributed by atoms with Gasteiger partial charge in [-0.2, -0.15) is 5.10 Å². The minimum absolute atomic E-state index is 0.487. The maximum absolute atomic E-state index is 12.8. The lowest BCUT2D eigenvalue weighted by molar-refractivity contribution is -0.136. The Bertz CT molecular complexity index is 833. The summed E-state index contributed by atoms with van der Waals surface area (Å²) in [6, 6.07) is 19.7. The average Bonchev–Trinajstić information content (AvgIpc) is 3.07. The minimum Gasteiger partial charge on any atom is -0.372 e. The molecule has 0 unspecified atom stereocenters. The number of benzene rings is 2. The summed E-state index contributed by atoms with van der Waals surface area (Å²) in [6.07, 6.45) is 1.59. The molecule has 0 aliphatic carbocycles. The van der Waals surface area contributed by atoms with Crippen LogP contribution in [0.2, 0.25) is 0 Å². The van der Waals surface area contributed by atoms with Gasteiger partial charge in [0.1, 0.15) is 0 Å². The normalized spacial score (nSPS) is 11.6.